The van der Waals surface area contributed by atoms with E-state index in [-0.39, 0.29) is 5.91 Å². The first-order chi connectivity index (χ1) is 6.50. The van der Waals surface area contributed by atoms with Crippen molar-refractivity contribution in [3.8, 4) is 0 Å². The SMILES string of the molecule is CC(C)CN1C=C(C(N)=O)CCC1=O. The monoisotopic (exact) mass is 196 g/mol. The van der Waals surface area contributed by atoms with Crippen LogP contribution < -0.4 is 5.73 Å². The molecule has 4 heteroatoms. The van der Waals surface area contributed by atoms with Gasteiger partial charge in [-0.05, 0) is 12.3 Å². The Bertz CT molecular complexity index is 282. The van der Waals surface area contributed by atoms with Crippen LogP contribution in [0.5, 0.6) is 0 Å². The van der Waals surface area contributed by atoms with E-state index in [2.05, 4.69) is 0 Å². The number of nitrogens with zero attached hydrogens (tertiary/aromatic N) is 1. The third kappa shape index (κ3) is 2.58. The van der Waals surface area contributed by atoms with Crippen molar-refractivity contribution in [2.24, 2.45) is 11.7 Å². The van der Waals surface area contributed by atoms with Crippen LogP contribution in [0.3, 0.4) is 0 Å². The largest absolute Gasteiger partial charge is 0.366 e. The molecule has 0 fully saturated rings. The summed E-state index contributed by atoms with van der Waals surface area (Å²) in [6.45, 7) is 4.70. The van der Waals surface area contributed by atoms with E-state index in [0.717, 1.165) is 0 Å². The zero-order chi connectivity index (χ0) is 10.7. The van der Waals surface area contributed by atoms with E-state index in [4.69, 9.17) is 5.73 Å². The molecule has 0 aromatic rings. The number of carbonyl (C=O) groups is 2. The summed E-state index contributed by atoms with van der Waals surface area (Å²) in [5.74, 6) is 0.0392. The number of hydrogen-bond donors (Lipinski definition) is 1. The predicted octanol–water partition coefficient (Wildman–Crippen LogP) is 0.634. The topological polar surface area (TPSA) is 63.4 Å². The van der Waals surface area contributed by atoms with Crippen molar-refractivity contribution < 1.29 is 9.59 Å². The van der Waals surface area contributed by atoms with Gasteiger partial charge in [-0.3, -0.25) is 9.59 Å². The molecule has 2 amide bonds. The van der Waals surface area contributed by atoms with Crippen molar-refractivity contribution in [3.05, 3.63) is 11.8 Å². The lowest BCUT2D eigenvalue weighted by atomic mass is 10.1. The molecule has 0 bridgehead atoms. The normalized spacial score (nSPS) is 17.2. The molecule has 0 radical (unpaired) electrons. The molecular formula is C10H16N2O2. The Balaban J connectivity index is 2.75. The van der Waals surface area contributed by atoms with Crippen LogP contribution in [0.4, 0.5) is 0 Å². The van der Waals surface area contributed by atoms with Crippen LogP contribution in [0.2, 0.25) is 0 Å². The maximum atomic E-state index is 11.4. The molecule has 14 heavy (non-hydrogen) atoms. The highest BCUT2D eigenvalue weighted by Crippen LogP contribution is 2.16. The molecular weight excluding hydrogens is 180 g/mol. The van der Waals surface area contributed by atoms with Gasteiger partial charge in [0.15, 0.2) is 0 Å². The van der Waals surface area contributed by atoms with Gasteiger partial charge in [0, 0.05) is 24.7 Å². The first kappa shape index (κ1) is 10.8. The summed E-state index contributed by atoms with van der Waals surface area (Å²) < 4.78 is 0. The van der Waals surface area contributed by atoms with Gasteiger partial charge in [-0.1, -0.05) is 13.8 Å². The highest BCUT2D eigenvalue weighted by atomic mass is 16.2. The molecule has 1 aliphatic heterocycles. The summed E-state index contributed by atoms with van der Waals surface area (Å²) in [5, 5.41) is 0. The molecule has 0 aliphatic carbocycles. The van der Waals surface area contributed by atoms with E-state index in [1.165, 1.54) is 0 Å². The van der Waals surface area contributed by atoms with Crippen molar-refractivity contribution in [2.45, 2.75) is 26.7 Å². The minimum Gasteiger partial charge on any atom is -0.366 e. The molecule has 4 nitrogen and oxygen atoms in total. The summed E-state index contributed by atoms with van der Waals surface area (Å²) in [7, 11) is 0. The fourth-order valence-electron chi connectivity index (χ4n) is 1.44. The third-order valence-electron chi connectivity index (χ3n) is 2.12. The molecule has 0 saturated heterocycles. The Kier molecular flexibility index (Phi) is 3.28. The molecule has 0 aromatic carbocycles. The second-order valence-corrected chi connectivity index (χ2v) is 3.96. The molecule has 0 unspecified atom stereocenters. The summed E-state index contributed by atoms with van der Waals surface area (Å²) in [6.07, 6.45) is 2.46. The van der Waals surface area contributed by atoms with E-state index >= 15 is 0 Å². The van der Waals surface area contributed by atoms with E-state index in [1.807, 2.05) is 13.8 Å². The van der Waals surface area contributed by atoms with Gasteiger partial charge in [0.2, 0.25) is 11.8 Å². The fraction of sp³-hybridized carbons (Fsp3) is 0.600. The average Bonchev–Trinajstić information content (AvgIpc) is 2.07. The molecule has 0 spiro atoms. The van der Waals surface area contributed by atoms with Crippen molar-refractivity contribution in [3.63, 3.8) is 0 Å². The van der Waals surface area contributed by atoms with Gasteiger partial charge in [0.25, 0.3) is 0 Å². The molecule has 2 N–H and O–H groups in total. The van der Waals surface area contributed by atoms with Gasteiger partial charge >= 0.3 is 0 Å². The first-order valence-electron chi connectivity index (χ1n) is 4.80. The van der Waals surface area contributed by atoms with E-state index < -0.39 is 5.91 Å². The van der Waals surface area contributed by atoms with Crippen LogP contribution in [-0.4, -0.2) is 23.3 Å². The highest BCUT2D eigenvalue weighted by Gasteiger charge is 2.21. The van der Waals surface area contributed by atoms with Crippen LogP contribution in [0.25, 0.3) is 0 Å². The van der Waals surface area contributed by atoms with Crippen LogP contribution >= 0.6 is 0 Å². The molecule has 0 atom stereocenters. The smallest absolute Gasteiger partial charge is 0.246 e. The molecule has 0 aromatic heterocycles. The van der Waals surface area contributed by atoms with Gasteiger partial charge < -0.3 is 10.6 Å². The van der Waals surface area contributed by atoms with Gasteiger partial charge in [0.1, 0.15) is 0 Å². The molecule has 1 aliphatic rings. The van der Waals surface area contributed by atoms with E-state index in [1.54, 1.807) is 11.1 Å². The van der Waals surface area contributed by atoms with E-state index in [0.29, 0.717) is 30.9 Å². The minimum absolute atomic E-state index is 0.0729. The Labute approximate surface area is 83.8 Å². The zero-order valence-corrected chi connectivity index (χ0v) is 8.62. The Hall–Kier alpha value is -1.32. The lowest BCUT2D eigenvalue weighted by Gasteiger charge is -2.25. The second kappa shape index (κ2) is 4.26. The Morgan fingerprint density at radius 3 is 2.71 bits per heavy atom. The number of carbonyl (C=O) groups excluding carboxylic acids is 2. The highest BCUT2D eigenvalue weighted by molar-refractivity contribution is 5.94. The number of amides is 2. The molecule has 0 saturated carbocycles. The fourth-order valence-corrected chi connectivity index (χ4v) is 1.44. The van der Waals surface area contributed by atoms with Crippen molar-refractivity contribution in [1.82, 2.24) is 4.90 Å². The second-order valence-electron chi connectivity index (χ2n) is 3.96. The minimum atomic E-state index is -0.425. The predicted molar refractivity (Wildman–Crippen MR) is 53.1 cm³/mol. The summed E-state index contributed by atoms with van der Waals surface area (Å²) in [4.78, 5) is 23.9. The van der Waals surface area contributed by atoms with Crippen molar-refractivity contribution in [1.29, 1.82) is 0 Å². The Morgan fingerprint density at radius 2 is 2.21 bits per heavy atom. The van der Waals surface area contributed by atoms with Gasteiger partial charge in [-0.25, -0.2) is 0 Å². The lowest BCUT2D eigenvalue weighted by molar-refractivity contribution is -0.129. The lowest BCUT2D eigenvalue weighted by Crippen LogP contribution is -2.34. The van der Waals surface area contributed by atoms with Crippen LogP contribution in [0, 0.1) is 5.92 Å². The van der Waals surface area contributed by atoms with Crippen molar-refractivity contribution in [2.75, 3.05) is 6.54 Å². The maximum Gasteiger partial charge on any atom is 0.246 e. The zero-order valence-electron chi connectivity index (χ0n) is 8.62. The number of primary amides is 1. The van der Waals surface area contributed by atoms with Crippen molar-refractivity contribution >= 4 is 11.8 Å². The van der Waals surface area contributed by atoms with Crippen LogP contribution in [0.1, 0.15) is 26.7 Å². The number of nitrogens with two attached hydrogens (primary N) is 1. The molecule has 1 heterocycles. The maximum absolute atomic E-state index is 11.4. The summed E-state index contributed by atoms with van der Waals surface area (Å²) in [5.41, 5.74) is 5.71. The summed E-state index contributed by atoms with van der Waals surface area (Å²) in [6, 6.07) is 0. The molecule has 78 valence electrons. The van der Waals surface area contributed by atoms with Crippen LogP contribution in [0.15, 0.2) is 11.8 Å². The van der Waals surface area contributed by atoms with Gasteiger partial charge in [-0.15, -0.1) is 0 Å². The molecule has 1 rings (SSSR count). The Morgan fingerprint density at radius 1 is 1.57 bits per heavy atom. The standard InChI is InChI=1S/C10H16N2O2/c1-7(2)5-12-6-8(10(11)14)3-4-9(12)13/h6-7H,3-5H2,1-2H3,(H2,11,14). The average molecular weight is 196 g/mol. The summed E-state index contributed by atoms with van der Waals surface area (Å²) >= 11 is 0. The van der Waals surface area contributed by atoms with Gasteiger partial charge in [-0.2, -0.15) is 0 Å². The number of hydrogen-bond acceptors (Lipinski definition) is 2. The third-order valence-corrected chi connectivity index (χ3v) is 2.12. The number of rotatable bonds is 3. The first-order valence-corrected chi connectivity index (χ1v) is 4.80. The van der Waals surface area contributed by atoms with Gasteiger partial charge in [0.05, 0.1) is 0 Å². The van der Waals surface area contributed by atoms with Crippen LogP contribution in [-0.2, 0) is 9.59 Å². The quantitative estimate of drug-likeness (QED) is 0.719. The van der Waals surface area contributed by atoms with E-state index in [9.17, 15) is 9.59 Å².